The molecule has 0 bridgehead atoms. The smallest absolute Gasteiger partial charge is 0.260 e. The lowest BCUT2D eigenvalue weighted by Crippen LogP contribution is -2.56. The van der Waals surface area contributed by atoms with Crippen molar-refractivity contribution >= 4 is 32.6 Å². The Morgan fingerprint density at radius 2 is 1.89 bits per heavy atom. The van der Waals surface area contributed by atoms with Gasteiger partial charge >= 0.3 is 0 Å². The summed E-state index contributed by atoms with van der Waals surface area (Å²) in [6.45, 7) is 5.95. The fourth-order valence-corrected chi connectivity index (χ4v) is 4.94. The molecule has 2 aromatic carbocycles. The van der Waals surface area contributed by atoms with Crippen LogP contribution in [0.4, 0.5) is 0 Å². The normalized spacial score (nSPS) is 21.8. The van der Waals surface area contributed by atoms with Gasteiger partial charge in [-0.15, -0.1) is 0 Å². The number of hydrogen-bond donors (Lipinski definition) is 0. The van der Waals surface area contributed by atoms with Crippen LogP contribution < -0.4 is 4.74 Å². The first-order valence-electron chi connectivity index (χ1n) is 10.1. The zero-order valence-electron chi connectivity index (χ0n) is 16.4. The van der Waals surface area contributed by atoms with E-state index in [1.807, 2.05) is 29.2 Å². The van der Waals surface area contributed by atoms with Gasteiger partial charge in [0.15, 0.2) is 6.61 Å². The highest BCUT2D eigenvalue weighted by atomic mass is 79.9. The second kappa shape index (κ2) is 8.80. The third kappa shape index (κ3) is 4.34. The maximum absolute atomic E-state index is 12.6. The van der Waals surface area contributed by atoms with E-state index in [-0.39, 0.29) is 12.5 Å². The van der Waals surface area contributed by atoms with Crippen LogP contribution in [0.5, 0.6) is 5.75 Å². The topological polar surface area (TPSA) is 36.0 Å². The molecule has 1 unspecified atom stereocenters. The lowest BCUT2D eigenvalue weighted by Gasteiger charge is -2.42. The predicted molar refractivity (Wildman–Crippen MR) is 116 cm³/mol. The molecule has 0 spiro atoms. The van der Waals surface area contributed by atoms with Crippen molar-refractivity contribution in [1.29, 1.82) is 0 Å². The lowest BCUT2D eigenvalue weighted by molar-refractivity contribution is -0.135. The van der Waals surface area contributed by atoms with Crippen molar-refractivity contribution in [2.45, 2.75) is 18.9 Å². The molecule has 2 aliphatic heterocycles. The van der Waals surface area contributed by atoms with Gasteiger partial charge in [0.25, 0.3) is 5.91 Å². The molecule has 2 aromatic rings. The number of benzene rings is 2. The molecule has 0 aromatic heterocycles. The second-order valence-corrected chi connectivity index (χ2v) is 8.66. The van der Waals surface area contributed by atoms with Gasteiger partial charge in [0, 0.05) is 38.8 Å². The maximum atomic E-state index is 12.6. The number of fused-ring (bicyclic) bond motifs is 1. The standard InChI is InChI=1S/C22H28BrN3O2/c1-24-10-4-6-18(15-24)25-11-13-26(14-12-25)21(27)16-28-20-9-8-17-5-2-3-7-19(17)22(20)23/h2-3,5,7-9,18H,4,6,10-16H2,1H3. The maximum Gasteiger partial charge on any atom is 0.260 e. The summed E-state index contributed by atoms with van der Waals surface area (Å²) in [7, 11) is 2.20. The van der Waals surface area contributed by atoms with Crippen molar-refractivity contribution < 1.29 is 9.53 Å². The number of ether oxygens (including phenoxy) is 1. The number of likely N-dealkylation sites (N-methyl/N-ethyl adjacent to an activating group) is 1. The van der Waals surface area contributed by atoms with Gasteiger partial charge < -0.3 is 14.5 Å². The fraction of sp³-hybridized carbons (Fsp3) is 0.500. The van der Waals surface area contributed by atoms with Crippen LogP contribution in [-0.4, -0.2) is 79.6 Å². The second-order valence-electron chi connectivity index (χ2n) is 7.86. The van der Waals surface area contributed by atoms with Crippen LogP contribution >= 0.6 is 15.9 Å². The van der Waals surface area contributed by atoms with Crippen LogP contribution in [0, 0.1) is 0 Å². The first-order chi connectivity index (χ1) is 13.6. The summed E-state index contributed by atoms with van der Waals surface area (Å²) < 4.78 is 6.77. The van der Waals surface area contributed by atoms with Gasteiger partial charge in [-0.25, -0.2) is 0 Å². The number of halogens is 1. The van der Waals surface area contributed by atoms with Crippen molar-refractivity contribution in [3.05, 3.63) is 40.9 Å². The molecule has 2 fully saturated rings. The highest BCUT2D eigenvalue weighted by molar-refractivity contribution is 9.10. The van der Waals surface area contributed by atoms with Gasteiger partial charge in [-0.3, -0.25) is 9.69 Å². The molecule has 1 amide bonds. The number of amides is 1. The summed E-state index contributed by atoms with van der Waals surface area (Å²) in [6, 6.07) is 12.7. The number of carbonyl (C=O) groups is 1. The van der Waals surface area contributed by atoms with E-state index in [2.05, 4.69) is 44.9 Å². The van der Waals surface area contributed by atoms with Gasteiger partial charge in [-0.05, 0) is 59.2 Å². The first-order valence-corrected chi connectivity index (χ1v) is 10.9. The van der Waals surface area contributed by atoms with E-state index in [1.54, 1.807) is 0 Å². The molecule has 2 aliphatic rings. The van der Waals surface area contributed by atoms with E-state index in [4.69, 9.17) is 4.74 Å². The van der Waals surface area contributed by atoms with Crippen molar-refractivity contribution in [3.8, 4) is 5.75 Å². The van der Waals surface area contributed by atoms with E-state index in [1.165, 1.54) is 19.4 Å². The largest absolute Gasteiger partial charge is 0.483 e. The summed E-state index contributed by atoms with van der Waals surface area (Å²) in [5.74, 6) is 0.788. The van der Waals surface area contributed by atoms with Crippen LogP contribution in [0.2, 0.25) is 0 Å². The van der Waals surface area contributed by atoms with E-state index in [0.717, 1.165) is 53.7 Å². The minimum Gasteiger partial charge on any atom is -0.483 e. The number of piperidine rings is 1. The van der Waals surface area contributed by atoms with Crippen molar-refractivity contribution in [1.82, 2.24) is 14.7 Å². The Bertz CT molecular complexity index is 836. The zero-order chi connectivity index (χ0) is 19.5. The molecule has 0 radical (unpaired) electrons. The number of carbonyl (C=O) groups excluding carboxylic acids is 1. The third-order valence-electron chi connectivity index (χ3n) is 5.96. The third-order valence-corrected chi connectivity index (χ3v) is 6.78. The Kier molecular flexibility index (Phi) is 6.19. The molecule has 28 heavy (non-hydrogen) atoms. The summed E-state index contributed by atoms with van der Waals surface area (Å²) in [4.78, 5) is 19.6. The van der Waals surface area contributed by atoms with Crippen molar-refractivity contribution in [2.75, 3.05) is 52.9 Å². The van der Waals surface area contributed by atoms with Crippen LogP contribution in [0.3, 0.4) is 0 Å². The van der Waals surface area contributed by atoms with Crippen molar-refractivity contribution in [2.24, 2.45) is 0 Å². The number of rotatable bonds is 4. The molecular weight excluding hydrogens is 418 g/mol. The SMILES string of the molecule is CN1CCCC(N2CCN(C(=O)COc3ccc4ccccc4c3Br)CC2)C1. The van der Waals surface area contributed by atoms with E-state index < -0.39 is 0 Å². The van der Waals surface area contributed by atoms with Crippen LogP contribution in [0.1, 0.15) is 12.8 Å². The quantitative estimate of drug-likeness (QED) is 0.723. The van der Waals surface area contributed by atoms with Crippen LogP contribution in [-0.2, 0) is 4.79 Å². The van der Waals surface area contributed by atoms with Gasteiger partial charge in [0.1, 0.15) is 5.75 Å². The summed E-state index contributed by atoms with van der Waals surface area (Å²) in [5.41, 5.74) is 0. The number of likely N-dealkylation sites (tertiary alicyclic amines) is 1. The summed E-state index contributed by atoms with van der Waals surface area (Å²) in [5, 5.41) is 2.25. The van der Waals surface area contributed by atoms with Gasteiger partial charge in [0.2, 0.25) is 0 Å². The Morgan fingerprint density at radius 3 is 2.68 bits per heavy atom. The molecular formula is C22H28BrN3O2. The molecule has 0 N–H and O–H groups in total. The molecule has 150 valence electrons. The van der Waals surface area contributed by atoms with Crippen LogP contribution in [0.15, 0.2) is 40.9 Å². The summed E-state index contributed by atoms with van der Waals surface area (Å²) in [6.07, 6.45) is 2.55. The Hall–Kier alpha value is -1.63. The number of nitrogens with zero attached hydrogens (tertiary/aromatic N) is 3. The zero-order valence-corrected chi connectivity index (χ0v) is 18.0. The average molecular weight is 446 g/mol. The first kappa shape index (κ1) is 19.7. The van der Waals surface area contributed by atoms with E-state index in [9.17, 15) is 4.79 Å². The van der Waals surface area contributed by atoms with Gasteiger partial charge in [-0.1, -0.05) is 30.3 Å². The highest BCUT2D eigenvalue weighted by Gasteiger charge is 2.28. The average Bonchev–Trinajstić information content (AvgIpc) is 2.73. The molecule has 1 atom stereocenters. The van der Waals surface area contributed by atoms with Gasteiger partial charge in [0.05, 0.1) is 4.47 Å². The highest BCUT2D eigenvalue weighted by Crippen LogP contribution is 2.33. The number of hydrogen-bond acceptors (Lipinski definition) is 4. The lowest BCUT2D eigenvalue weighted by atomic mass is 10.0. The molecule has 5 nitrogen and oxygen atoms in total. The predicted octanol–water partition coefficient (Wildman–Crippen LogP) is 3.22. The molecule has 0 saturated carbocycles. The minimum atomic E-state index is 0.0699. The fourth-order valence-electron chi connectivity index (χ4n) is 4.33. The summed E-state index contributed by atoms with van der Waals surface area (Å²) >= 11 is 3.62. The van der Waals surface area contributed by atoms with E-state index >= 15 is 0 Å². The van der Waals surface area contributed by atoms with Crippen molar-refractivity contribution in [3.63, 3.8) is 0 Å². The van der Waals surface area contributed by atoms with Gasteiger partial charge in [-0.2, -0.15) is 0 Å². The molecule has 4 rings (SSSR count). The number of piperazine rings is 1. The Labute approximate surface area is 175 Å². The Balaban J connectivity index is 1.30. The molecule has 2 saturated heterocycles. The van der Waals surface area contributed by atoms with Crippen LogP contribution in [0.25, 0.3) is 10.8 Å². The van der Waals surface area contributed by atoms with E-state index in [0.29, 0.717) is 6.04 Å². The molecule has 0 aliphatic carbocycles. The Morgan fingerprint density at radius 1 is 1.11 bits per heavy atom. The molecule has 6 heteroatoms. The monoisotopic (exact) mass is 445 g/mol. The minimum absolute atomic E-state index is 0.0699. The molecule has 2 heterocycles.